The van der Waals surface area contributed by atoms with Gasteiger partial charge in [0.05, 0.1) is 6.10 Å². The van der Waals surface area contributed by atoms with E-state index in [2.05, 4.69) is 17.6 Å². The molecule has 0 N–H and O–H groups in total. The Hall–Kier alpha value is -1.81. The molecule has 4 nitrogen and oxygen atoms in total. The minimum absolute atomic E-state index is 0.142. The summed E-state index contributed by atoms with van der Waals surface area (Å²) in [7, 11) is 4.00. The lowest BCUT2D eigenvalue weighted by Crippen LogP contribution is -2.64. The third-order valence-corrected chi connectivity index (χ3v) is 6.59. The van der Waals surface area contributed by atoms with E-state index >= 15 is 0 Å². The lowest BCUT2D eigenvalue weighted by molar-refractivity contribution is -0.152. The van der Waals surface area contributed by atoms with Crippen LogP contribution >= 0.6 is 0 Å². The zero-order valence-electron chi connectivity index (χ0n) is 15.5. The van der Waals surface area contributed by atoms with Gasteiger partial charge in [0.1, 0.15) is 0 Å². The Bertz CT molecular complexity index is 788. The summed E-state index contributed by atoms with van der Waals surface area (Å²) in [4.78, 5) is 15.3. The quantitative estimate of drug-likeness (QED) is 0.843. The zero-order valence-corrected chi connectivity index (χ0v) is 15.5. The van der Waals surface area contributed by atoms with Gasteiger partial charge in [0, 0.05) is 54.8 Å². The third-order valence-electron chi connectivity index (χ3n) is 6.59. The van der Waals surface area contributed by atoms with Gasteiger partial charge in [0.15, 0.2) is 0 Å². The third kappa shape index (κ3) is 2.42. The molecule has 2 saturated carbocycles. The Morgan fingerprint density at radius 3 is 2.80 bits per heavy atom. The normalized spacial score (nSPS) is 24.6. The van der Waals surface area contributed by atoms with E-state index in [1.54, 1.807) is 0 Å². The second kappa shape index (κ2) is 6.17. The Morgan fingerprint density at radius 1 is 1.32 bits per heavy atom. The molecule has 1 aromatic heterocycles. The van der Waals surface area contributed by atoms with Gasteiger partial charge < -0.3 is 14.2 Å². The lowest BCUT2D eigenvalue weighted by atomic mass is 9.60. The second-order valence-corrected chi connectivity index (χ2v) is 7.72. The molecule has 2 aliphatic rings. The van der Waals surface area contributed by atoms with E-state index in [1.807, 2.05) is 43.4 Å². The molecule has 134 valence electrons. The number of benzene rings is 1. The van der Waals surface area contributed by atoms with Crippen LogP contribution in [0.15, 0.2) is 30.5 Å². The van der Waals surface area contributed by atoms with Crippen molar-refractivity contribution in [2.45, 2.75) is 51.2 Å². The first kappa shape index (κ1) is 16.6. The molecule has 0 bridgehead atoms. The molecule has 4 rings (SSSR count). The zero-order chi connectivity index (χ0) is 17.6. The number of nitrogens with zero attached hydrogens (tertiary/aromatic N) is 2. The number of carbonyl (C=O) groups excluding carboxylic acids is 1. The van der Waals surface area contributed by atoms with Gasteiger partial charge in [0.25, 0.3) is 5.91 Å². The van der Waals surface area contributed by atoms with Crippen LogP contribution < -0.4 is 0 Å². The van der Waals surface area contributed by atoms with E-state index in [1.165, 1.54) is 25.7 Å². The number of hydrogen-bond acceptors (Lipinski definition) is 2. The molecular formula is C21H28N2O2. The van der Waals surface area contributed by atoms with Crippen molar-refractivity contribution in [3.63, 3.8) is 0 Å². The van der Waals surface area contributed by atoms with Crippen molar-refractivity contribution in [2.75, 3.05) is 13.7 Å². The molecule has 2 atom stereocenters. The van der Waals surface area contributed by atoms with Crippen LogP contribution in [-0.4, -0.2) is 41.2 Å². The van der Waals surface area contributed by atoms with Crippen LogP contribution in [-0.2, 0) is 11.8 Å². The lowest BCUT2D eigenvalue weighted by Gasteiger charge is -2.57. The van der Waals surface area contributed by atoms with Crippen LogP contribution in [0.2, 0.25) is 0 Å². The van der Waals surface area contributed by atoms with Crippen molar-refractivity contribution in [1.29, 1.82) is 0 Å². The van der Waals surface area contributed by atoms with Gasteiger partial charge in [-0.25, -0.2) is 0 Å². The molecule has 0 unspecified atom stereocenters. The number of fused-ring (bicyclic) bond motifs is 1. The fraction of sp³-hybridized carbons (Fsp3) is 0.571. The van der Waals surface area contributed by atoms with Crippen molar-refractivity contribution in [3.8, 4) is 0 Å². The molecule has 1 spiro atoms. The maximum atomic E-state index is 13.3. The first-order valence-electron chi connectivity index (χ1n) is 9.51. The number of ether oxygens (including phenoxy) is 1. The Balaban J connectivity index is 1.62. The highest BCUT2D eigenvalue weighted by atomic mass is 16.5. The van der Waals surface area contributed by atoms with E-state index in [4.69, 9.17) is 4.74 Å². The monoisotopic (exact) mass is 340 g/mol. The second-order valence-electron chi connectivity index (χ2n) is 7.72. The summed E-state index contributed by atoms with van der Waals surface area (Å²) < 4.78 is 8.08. The van der Waals surface area contributed by atoms with Gasteiger partial charge in [-0.3, -0.25) is 4.79 Å². The maximum Gasteiger partial charge on any atom is 0.254 e. The molecular weight excluding hydrogens is 312 g/mol. The maximum absolute atomic E-state index is 13.3. The van der Waals surface area contributed by atoms with E-state index in [0.29, 0.717) is 12.1 Å². The van der Waals surface area contributed by atoms with Crippen LogP contribution in [0.1, 0.15) is 49.4 Å². The van der Waals surface area contributed by atoms with Crippen LogP contribution in [0.5, 0.6) is 0 Å². The number of carbonyl (C=O) groups is 1. The van der Waals surface area contributed by atoms with Gasteiger partial charge >= 0.3 is 0 Å². The number of aromatic nitrogens is 1. The van der Waals surface area contributed by atoms with E-state index < -0.39 is 0 Å². The Morgan fingerprint density at radius 2 is 2.08 bits per heavy atom. The topological polar surface area (TPSA) is 34.5 Å². The van der Waals surface area contributed by atoms with Crippen LogP contribution in [0.4, 0.5) is 0 Å². The molecule has 1 aromatic carbocycles. The minimum atomic E-state index is 0.142. The number of amides is 1. The highest BCUT2D eigenvalue weighted by Crippen LogP contribution is 2.56. The van der Waals surface area contributed by atoms with Crippen molar-refractivity contribution in [1.82, 2.24) is 9.47 Å². The summed E-state index contributed by atoms with van der Waals surface area (Å²) in [5, 5.41) is 1.04. The van der Waals surface area contributed by atoms with E-state index in [-0.39, 0.29) is 11.3 Å². The highest BCUT2D eigenvalue weighted by molar-refractivity contribution is 6.06. The predicted octanol–water partition coefficient (Wildman–Crippen LogP) is 3.99. The fourth-order valence-corrected chi connectivity index (χ4v) is 5.21. The summed E-state index contributed by atoms with van der Waals surface area (Å²) in [6.07, 6.45) is 8.22. The first-order valence-corrected chi connectivity index (χ1v) is 9.51. The molecule has 25 heavy (non-hydrogen) atoms. The predicted molar refractivity (Wildman–Crippen MR) is 99.7 cm³/mol. The van der Waals surface area contributed by atoms with Gasteiger partial charge in [0.2, 0.25) is 0 Å². The fourth-order valence-electron chi connectivity index (χ4n) is 5.21. The molecule has 1 amide bonds. The minimum Gasteiger partial charge on any atom is -0.378 e. The summed E-state index contributed by atoms with van der Waals surface area (Å²) in [6, 6.07) is 8.36. The first-order chi connectivity index (χ1) is 12.1. The Labute approximate surface area is 149 Å². The van der Waals surface area contributed by atoms with Crippen molar-refractivity contribution >= 4 is 16.8 Å². The van der Waals surface area contributed by atoms with Gasteiger partial charge in [-0.05, 0) is 44.4 Å². The van der Waals surface area contributed by atoms with Gasteiger partial charge in [-0.1, -0.05) is 18.9 Å². The summed E-state index contributed by atoms with van der Waals surface area (Å²) in [5.41, 5.74) is 2.11. The van der Waals surface area contributed by atoms with Crippen molar-refractivity contribution in [3.05, 3.63) is 36.0 Å². The smallest absolute Gasteiger partial charge is 0.254 e. The van der Waals surface area contributed by atoms with Gasteiger partial charge in [-0.15, -0.1) is 0 Å². The van der Waals surface area contributed by atoms with Crippen molar-refractivity contribution < 1.29 is 9.53 Å². The standard InChI is InChI=1S/C21H28N2O2/c1-4-25-19-14-18(21(19)11-5-6-12-21)23(3)20(24)16-8-7-9-17-15(16)10-13-22(17)2/h7-10,13,18-19H,4-6,11-12,14H2,1-3H3/t18-,19+/m0/s1. The van der Waals surface area contributed by atoms with Crippen LogP contribution in [0.25, 0.3) is 10.9 Å². The number of aryl methyl sites for hydroxylation is 1. The van der Waals surface area contributed by atoms with E-state index in [9.17, 15) is 4.79 Å². The molecule has 1 heterocycles. The molecule has 2 aliphatic carbocycles. The number of rotatable bonds is 4. The largest absolute Gasteiger partial charge is 0.378 e. The molecule has 4 heteroatoms. The Kier molecular flexibility index (Phi) is 4.11. The average molecular weight is 340 g/mol. The molecule has 0 saturated heterocycles. The molecule has 0 aliphatic heterocycles. The average Bonchev–Trinajstić information content (AvgIpc) is 3.26. The van der Waals surface area contributed by atoms with Crippen LogP contribution in [0, 0.1) is 5.41 Å². The van der Waals surface area contributed by atoms with E-state index in [0.717, 1.165) is 29.5 Å². The number of hydrogen-bond donors (Lipinski definition) is 0. The molecule has 2 fully saturated rings. The van der Waals surface area contributed by atoms with Gasteiger partial charge in [-0.2, -0.15) is 0 Å². The SMILES string of the molecule is CCO[C@@H]1C[C@H](N(C)C(=O)c2cccc3c2ccn3C)C12CCCC2. The summed E-state index contributed by atoms with van der Waals surface area (Å²) in [6.45, 7) is 2.83. The highest BCUT2D eigenvalue weighted by Gasteiger charge is 2.58. The molecule has 2 aromatic rings. The summed E-state index contributed by atoms with van der Waals surface area (Å²) in [5.74, 6) is 0.142. The summed E-state index contributed by atoms with van der Waals surface area (Å²) >= 11 is 0. The molecule has 0 radical (unpaired) electrons. The van der Waals surface area contributed by atoms with Crippen LogP contribution in [0.3, 0.4) is 0 Å². The van der Waals surface area contributed by atoms with Crippen molar-refractivity contribution in [2.24, 2.45) is 12.5 Å².